The van der Waals surface area contributed by atoms with Crippen LogP contribution in [0.3, 0.4) is 0 Å². The number of aldehydes is 1. The van der Waals surface area contributed by atoms with E-state index in [-0.39, 0.29) is 36.5 Å². The van der Waals surface area contributed by atoms with E-state index < -0.39 is 27.5 Å². The highest BCUT2D eigenvalue weighted by Gasteiger charge is 2.46. The van der Waals surface area contributed by atoms with Crippen LogP contribution in [0.4, 0.5) is 4.79 Å². The zero-order chi connectivity index (χ0) is 24.2. The molecule has 0 spiro atoms. The second-order valence-corrected chi connectivity index (χ2v) is 11.3. The number of aryl methyl sites for hydroxylation is 1. The quantitative estimate of drug-likeness (QED) is 0.397. The lowest BCUT2D eigenvalue weighted by Gasteiger charge is -2.36. The molecule has 180 valence electrons. The molecule has 0 radical (unpaired) electrons. The number of ether oxygens (including phenoxy) is 2. The standard InChI is InChI=1S/C23H35NO7S/c1-17-9-11-20(12-10-17)32(27,28)30-15-18(8-7-13-25)14-19-16-29-23(5,6)24(19)21(26)31-22(2,3)4/h9-13,18-19H,7-8,14-16H2,1-6H3/t18-,19+/m1/s1. The monoisotopic (exact) mass is 469 g/mol. The van der Waals surface area contributed by atoms with E-state index in [1.165, 1.54) is 12.1 Å². The van der Waals surface area contributed by atoms with E-state index in [0.29, 0.717) is 12.8 Å². The van der Waals surface area contributed by atoms with Crippen molar-refractivity contribution >= 4 is 22.5 Å². The van der Waals surface area contributed by atoms with Crippen LogP contribution >= 0.6 is 0 Å². The average molecular weight is 470 g/mol. The van der Waals surface area contributed by atoms with E-state index in [4.69, 9.17) is 13.7 Å². The highest BCUT2D eigenvalue weighted by Crippen LogP contribution is 2.33. The highest BCUT2D eigenvalue weighted by atomic mass is 32.2. The normalized spacial score (nSPS) is 19.6. The summed E-state index contributed by atoms with van der Waals surface area (Å²) in [5, 5.41) is 0. The lowest BCUT2D eigenvalue weighted by molar-refractivity contribution is -0.108. The second kappa shape index (κ2) is 10.3. The molecule has 8 nitrogen and oxygen atoms in total. The summed E-state index contributed by atoms with van der Waals surface area (Å²) in [6, 6.07) is 6.08. The smallest absolute Gasteiger partial charge is 0.412 e. The summed E-state index contributed by atoms with van der Waals surface area (Å²) in [7, 11) is -3.93. The topological polar surface area (TPSA) is 99.2 Å². The number of hydrogen-bond donors (Lipinski definition) is 0. The molecule has 0 unspecified atom stereocenters. The summed E-state index contributed by atoms with van der Waals surface area (Å²) in [6.45, 7) is 11.0. The van der Waals surface area contributed by atoms with Gasteiger partial charge in [-0.05, 0) is 72.4 Å². The van der Waals surface area contributed by atoms with E-state index in [0.717, 1.165) is 11.8 Å². The highest BCUT2D eigenvalue weighted by molar-refractivity contribution is 7.86. The maximum atomic E-state index is 12.9. The number of rotatable bonds is 9. The first-order chi connectivity index (χ1) is 14.7. The number of carbonyl (C=O) groups is 2. The van der Waals surface area contributed by atoms with Crippen molar-refractivity contribution in [1.82, 2.24) is 4.90 Å². The maximum absolute atomic E-state index is 12.9. The zero-order valence-electron chi connectivity index (χ0n) is 19.8. The van der Waals surface area contributed by atoms with Crippen LogP contribution in [0.15, 0.2) is 29.2 Å². The molecule has 0 saturated carbocycles. The number of amides is 1. The third-order valence-corrected chi connectivity index (χ3v) is 6.53. The zero-order valence-corrected chi connectivity index (χ0v) is 20.6. The fraction of sp³-hybridized carbons (Fsp3) is 0.652. The van der Waals surface area contributed by atoms with Gasteiger partial charge in [0, 0.05) is 6.42 Å². The van der Waals surface area contributed by atoms with Gasteiger partial charge >= 0.3 is 6.09 Å². The Morgan fingerprint density at radius 3 is 2.47 bits per heavy atom. The molecule has 9 heteroatoms. The Morgan fingerprint density at radius 1 is 1.28 bits per heavy atom. The Hall–Kier alpha value is -1.97. The summed E-state index contributed by atoms with van der Waals surface area (Å²) in [5.74, 6) is -0.270. The van der Waals surface area contributed by atoms with E-state index in [2.05, 4.69) is 0 Å². The van der Waals surface area contributed by atoms with Gasteiger partial charge < -0.3 is 14.3 Å². The summed E-state index contributed by atoms with van der Waals surface area (Å²) >= 11 is 0. The molecular weight excluding hydrogens is 434 g/mol. The van der Waals surface area contributed by atoms with Crippen molar-refractivity contribution < 1.29 is 31.7 Å². The fourth-order valence-electron chi connectivity index (χ4n) is 3.65. The van der Waals surface area contributed by atoms with E-state index in [9.17, 15) is 18.0 Å². The van der Waals surface area contributed by atoms with Crippen molar-refractivity contribution in [3.05, 3.63) is 29.8 Å². The van der Waals surface area contributed by atoms with Crippen LogP contribution in [0.2, 0.25) is 0 Å². The van der Waals surface area contributed by atoms with Crippen LogP contribution in [0.5, 0.6) is 0 Å². The van der Waals surface area contributed by atoms with Crippen LogP contribution in [0.1, 0.15) is 59.4 Å². The molecular formula is C23H35NO7S. The molecule has 0 aromatic heterocycles. The van der Waals surface area contributed by atoms with Gasteiger partial charge in [0.25, 0.3) is 10.1 Å². The molecule has 2 atom stereocenters. The summed E-state index contributed by atoms with van der Waals surface area (Å²) in [6.07, 6.45) is 1.42. The minimum Gasteiger partial charge on any atom is -0.444 e. The Balaban J connectivity index is 2.13. The van der Waals surface area contributed by atoms with Crippen molar-refractivity contribution in [3.63, 3.8) is 0 Å². The van der Waals surface area contributed by atoms with Gasteiger partial charge in [0.05, 0.1) is 24.2 Å². The molecule has 1 aliphatic heterocycles. The first-order valence-corrected chi connectivity index (χ1v) is 12.2. The molecule has 1 aliphatic rings. The Bertz CT molecular complexity index is 888. The van der Waals surface area contributed by atoms with Gasteiger partial charge in [0.2, 0.25) is 0 Å². The number of carbonyl (C=O) groups excluding carboxylic acids is 2. The molecule has 1 amide bonds. The van der Waals surface area contributed by atoms with Gasteiger partial charge in [-0.25, -0.2) is 4.79 Å². The predicted molar refractivity (Wildman–Crippen MR) is 120 cm³/mol. The maximum Gasteiger partial charge on any atom is 0.412 e. The van der Waals surface area contributed by atoms with Crippen LogP contribution in [-0.4, -0.2) is 56.3 Å². The van der Waals surface area contributed by atoms with Crippen molar-refractivity contribution in [2.75, 3.05) is 13.2 Å². The van der Waals surface area contributed by atoms with Crippen LogP contribution in [0.25, 0.3) is 0 Å². The van der Waals surface area contributed by atoms with E-state index in [1.54, 1.807) is 51.7 Å². The predicted octanol–water partition coefficient (Wildman–Crippen LogP) is 4.06. The van der Waals surface area contributed by atoms with Gasteiger partial charge in [0.1, 0.15) is 17.6 Å². The Morgan fingerprint density at radius 2 is 1.91 bits per heavy atom. The SMILES string of the molecule is Cc1ccc(S(=O)(=O)OC[C@H](CCC=O)C[C@H]2COC(C)(C)N2C(=O)OC(C)(C)C)cc1. The van der Waals surface area contributed by atoms with Gasteiger partial charge in [-0.3, -0.25) is 9.08 Å². The summed E-state index contributed by atoms with van der Waals surface area (Å²) in [4.78, 5) is 25.5. The molecule has 1 saturated heterocycles. The molecule has 2 rings (SSSR count). The van der Waals surface area contributed by atoms with E-state index >= 15 is 0 Å². The van der Waals surface area contributed by atoms with Crippen molar-refractivity contribution in [2.24, 2.45) is 5.92 Å². The molecule has 0 bridgehead atoms. The van der Waals surface area contributed by atoms with Crippen LogP contribution in [0, 0.1) is 12.8 Å². The van der Waals surface area contributed by atoms with Gasteiger partial charge in [-0.2, -0.15) is 8.42 Å². The lowest BCUT2D eigenvalue weighted by atomic mass is 9.95. The molecule has 0 aliphatic carbocycles. The largest absolute Gasteiger partial charge is 0.444 e. The molecule has 1 aromatic carbocycles. The van der Waals surface area contributed by atoms with Crippen molar-refractivity contribution in [3.8, 4) is 0 Å². The number of nitrogens with zero attached hydrogens (tertiary/aromatic N) is 1. The van der Waals surface area contributed by atoms with Crippen molar-refractivity contribution in [1.29, 1.82) is 0 Å². The second-order valence-electron chi connectivity index (χ2n) is 9.66. The van der Waals surface area contributed by atoms with Gasteiger partial charge in [0.15, 0.2) is 0 Å². The minimum absolute atomic E-state index is 0.0814. The molecule has 0 N–H and O–H groups in total. The number of hydrogen-bond acceptors (Lipinski definition) is 7. The Kier molecular flexibility index (Phi) is 8.47. The van der Waals surface area contributed by atoms with Gasteiger partial charge in [-0.15, -0.1) is 0 Å². The third-order valence-electron chi connectivity index (χ3n) is 5.23. The Labute approximate surface area is 191 Å². The summed E-state index contributed by atoms with van der Waals surface area (Å²) < 4.78 is 41.9. The lowest BCUT2D eigenvalue weighted by Crippen LogP contribution is -2.50. The molecule has 1 fully saturated rings. The number of benzene rings is 1. The van der Waals surface area contributed by atoms with Crippen LogP contribution in [-0.2, 0) is 28.6 Å². The summed E-state index contributed by atoms with van der Waals surface area (Å²) in [5.41, 5.74) is -0.585. The van der Waals surface area contributed by atoms with Crippen molar-refractivity contribution in [2.45, 2.75) is 83.1 Å². The fourth-order valence-corrected chi connectivity index (χ4v) is 4.63. The molecule has 1 aromatic rings. The minimum atomic E-state index is -3.93. The third kappa shape index (κ3) is 7.28. The molecule has 32 heavy (non-hydrogen) atoms. The first kappa shape index (κ1) is 26.3. The van der Waals surface area contributed by atoms with Crippen LogP contribution < -0.4 is 0 Å². The van der Waals surface area contributed by atoms with Gasteiger partial charge in [-0.1, -0.05) is 17.7 Å². The average Bonchev–Trinajstić information content (AvgIpc) is 2.97. The molecule has 1 heterocycles. The van der Waals surface area contributed by atoms with E-state index in [1.807, 2.05) is 6.92 Å². The first-order valence-electron chi connectivity index (χ1n) is 10.8.